The Morgan fingerprint density at radius 2 is 1.82 bits per heavy atom. The average molecular weight is 239 g/mol. The highest BCUT2D eigenvalue weighted by atomic mass is 16.5. The van der Waals surface area contributed by atoms with Crippen molar-refractivity contribution >= 4 is 11.6 Å². The highest BCUT2D eigenvalue weighted by Crippen LogP contribution is 2.20. The zero-order valence-electron chi connectivity index (χ0n) is 11.1. The molecule has 1 aromatic heterocycles. The SMILES string of the molecule is COC(C)(C)CNc1nc(C)nc(NN)c1C. The molecule has 1 heterocycles. The molecular formula is C11H21N5O. The van der Waals surface area contributed by atoms with Crippen LogP contribution in [0.15, 0.2) is 0 Å². The molecule has 6 heteroatoms. The molecule has 0 saturated heterocycles. The molecule has 0 unspecified atom stereocenters. The minimum absolute atomic E-state index is 0.248. The van der Waals surface area contributed by atoms with Crippen LogP contribution in [0.3, 0.4) is 0 Å². The molecule has 0 aliphatic heterocycles. The normalized spacial score (nSPS) is 11.4. The summed E-state index contributed by atoms with van der Waals surface area (Å²) in [5, 5.41) is 3.25. The predicted molar refractivity (Wildman–Crippen MR) is 68.9 cm³/mol. The number of aryl methyl sites for hydroxylation is 1. The van der Waals surface area contributed by atoms with Crippen LogP contribution in [0, 0.1) is 13.8 Å². The van der Waals surface area contributed by atoms with Crippen molar-refractivity contribution in [2.75, 3.05) is 24.4 Å². The Hall–Kier alpha value is -1.40. The Bertz CT molecular complexity index is 392. The predicted octanol–water partition coefficient (Wildman–Crippen LogP) is 1.22. The summed E-state index contributed by atoms with van der Waals surface area (Å²) in [5.74, 6) is 7.48. The Morgan fingerprint density at radius 1 is 1.24 bits per heavy atom. The van der Waals surface area contributed by atoms with E-state index in [1.54, 1.807) is 7.11 Å². The van der Waals surface area contributed by atoms with Gasteiger partial charge in [0.25, 0.3) is 0 Å². The maximum absolute atomic E-state index is 5.40. The van der Waals surface area contributed by atoms with Crippen LogP contribution in [-0.2, 0) is 4.74 Å². The molecule has 17 heavy (non-hydrogen) atoms. The van der Waals surface area contributed by atoms with Gasteiger partial charge in [0.1, 0.15) is 17.5 Å². The van der Waals surface area contributed by atoms with Crippen molar-refractivity contribution in [2.24, 2.45) is 5.84 Å². The van der Waals surface area contributed by atoms with Gasteiger partial charge in [0.05, 0.1) is 5.60 Å². The van der Waals surface area contributed by atoms with Crippen molar-refractivity contribution in [1.82, 2.24) is 9.97 Å². The minimum atomic E-state index is -0.248. The van der Waals surface area contributed by atoms with E-state index in [4.69, 9.17) is 10.6 Å². The lowest BCUT2D eigenvalue weighted by atomic mass is 10.1. The Morgan fingerprint density at radius 3 is 2.35 bits per heavy atom. The number of nitrogen functional groups attached to an aromatic ring is 1. The molecule has 0 aromatic carbocycles. The van der Waals surface area contributed by atoms with E-state index in [2.05, 4.69) is 20.7 Å². The van der Waals surface area contributed by atoms with Gasteiger partial charge in [-0.1, -0.05) is 0 Å². The van der Waals surface area contributed by atoms with Gasteiger partial charge in [0, 0.05) is 19.2 Å². The first-order chi connectivity index (χ1) is 7.89. The molecule has 0 aliphatic carbocycles. The Balaban J connectivity index is 2.88. The molecule has 0 fully saturated rings. The second-order valence-corrected chi connectivity index (χ2v) is 4.55. The van der Waals surface area contributed by atoms with Crippen molar-refractivity contribution in [2.45, 2.75) is 33.3 Å². The zero-order chi connectivity index (χ0) is 13.1. The number of nitrogens with one attached hydrogen (secondary N) is 2. The van der Waals surface area contributed by atoms with Crippen LogP contribution in [0.1, 0.15) is 25.2 Å². The summed E-state index contributed by atoms with van der Waals surface area (Å²) >= 11 is 0. The molecule has 0 saturated carbocycles. The van der Waals surface area contributed by atoms with Crippen LogP contribution in [0.5, 0.6) is 0 Å². The number of anilines is 2. The number of hydrogen-bond acceptors (Lipinski definition) is 6. The maximum atomic E-state index is 5.40. The minimum Gasteiger partial charge on any atom is -0.377 e. The summed E-state index contributed by atoms with van der Waals surface area (Å²) in [5.41, 5.74) is 3.21. The molecule has 0 amide bonds. The van der Waals surface area contributed by atoms with Crippen molar-refractivity contribution in [3.63, 3.8) is 0 Å². The van der Waals surface area contributed by atoms with E-state index in [1.165, 1.54) is 0 Å². The molecule has 1 aromatic rings. The zero-order valence-corrected chi connectivity index (χ0v) is 11.1. The third-order valence-electron chi connectivity index (χ3n) is 2.63. The van der Waals surface area contributed by atoms with Crippen LogP contribution >= 0.6 is 0 Å². The molecule has 0 bridgehead atoms. The number of rotatable bonds is 5. The number of methoxy groups -OCH3 is 1. The van der Waals surface area contributed by atoms with Gasteiger partial charge in [-0.05, 0) is 27.7 Å². The fourth-order valence-electron chi connectivity index (χ4n) is 1.31. The van der Waals surface area contributed by atoms with Crippen molar-refractivity contribution in [3.05, 3.63) is 11.4 Å². The summed E-state index contributed by atoms with van der Waals surface area (Å²) in [4.78, 5) is 8.54. The molecule has 1 rings (SSSR count). The fourth-order valence-corrected chi connectivity index (χ4v) is 1.31. The van der Waals surface area contributed by atoms with Crippen molar-refractivity contribution in [1.29, 1.82) is 0 Å². The Kier molecular flexibility index (Phi) is 4.25. The van der Waals surface area contributed by atoms with Crippen LogP contribution in [0.2, 0.25) is 0 Å². The van der Waals surface area contributed by atoms with Gasteiger partial charge in [-0.2, -0.15) is 0 Å². The van der Waals surface area contributed by atoms with E-state index in [0.29, 0.717) is 18.2 Å². The van der Waals surface area contributed by atoms with E-state index >= 15 is 0 Å². The van der Waals surface area contributed by atoms with Gasteiger partial charge in [-0.25, -0.2) is 15.8 Å². The molecule has 96 valence electrons. The topological polar surface area (TPSA) is 85.1 Å². The van der Waals surface area contributed by atoms with E-state index in [1.807, 2.05) is 27.7 Å². The number of nitrogens with two attached hydrogens (primary N) is 1. The number of hydrazine groups is 1. The van der Waals surface area contributed by atoms with E-state index in [0.717, 1.165) is 11.4 Å². The second-order valence-electron chi connectivity index (χ2n) is 4.55. The smallest absolute Gasteiger partial charge is 0.148 e. The quantitative estimate of drug-likeness (QED) is 0.529. The molecule has 0 spiro atoms. The van der Waals surface area contributed by atoms with E-state index < -0.39 is 0 Å². The summed E-state index contributed by atoms with van der Waals surface area (Å²) in [6.45, 7) is 8.41. The van der Waals surface area contributed by atoms with Crippen LogP contribution in [-0.4, -0.2) is 29.2 Å². The highest BCUT2D eigenvalue weighted by molar-refractivity contribution is 5.56. The summed E-state index contributed by atoms with van der Waals surface area (Å²) in [6.07, 6.45) is 0. The molecule has 4 N–H and O–H groups in total. The fraction of sp³-hybridized carbons (Fsp3) is 0.636. The first-order valence-electron chi connectivity index (χ1n) is 5.50. The summed E-state index contributed by atoms with van der Waals surface area (Å²) in [7, 11) is 1.69. The lowest BCUT2D eigenvalue weighted by molar-refractivity contribution is 0.0343. The summed E-state index contributed by atoms with van der Waals surface area (Å²) in [6, 6.07) is 0. The van der Waals surface area contributed by atoms with E-state index in [9.17, 15) is 0 Å². The van der Waals surface area contributed by atoms with Crippen LogP contribution in [0.25, 0.3) is 0 Å². The lowest BCUT2D eigenvalue weighted by Crippen LogP contribution is -2.32. The first kappa shape index (κ1) is 13.7. The molecule has 6 nitrogen and oxygen atoms in total. The number of nitrogens with zero attached hydrogens (tertiary/aromatic N) is 2. The largest absolute Gasteiger partial charge is 0.377 e. The van der Waals surface area contributed by atoms with Crippen LogP contribution in [0.4, 0.5) is 11.6 Å². The maximum Gasteiger partial charge on any atom is 0.148 e. The third-order valence-corrected chi connectivity index (χ3v) is 2.63. The van der Waals surface area contributed by atoms with Gasteiger partial charge in [0.2, 0.25) is 0 Å². The Labute approximate surface area is 102 Å². The summed E-state index contributed by atoms with van der Waals surface area (Å²) < 4.78 is 5.34. The van der Waals surface area contributed by atoms with Gasteiger partial charge >= 0.3 is 0 Å². The van der Waals surface area contributed by atoms with Crippen LogP contribution < -0.4 is 16.6 Å². The van der Waals surface area contributed by atoms with Crippen molar-refractivity contribution < 1.29 is 4.74 Å². The number of hydrogen-bond donors (Lipinski definition) is 3. The second kappa shape index (κ2) is 5.29. The van der Waals surface area contributed by atoms with E-state index in [-0.39, 0.29) is 5.60 Å². The molecule has 0 aliphatic rings. The number of aromatic nitrogens is 2. The monoisotopic (exact) mass is 239 g/mol. The third kappa shape index (κ3) is 3.54. The van der Waals surface area contributed by atoms with Gasteiger partial charge < -0.3 is 15.5 Å². The number of ether oxygens (including phenoxy) is 1. The van der Waals surface area contributed by atoms with Gasteiger partial charge in [-0.15, -0.1) is 0 Å². The molecule has 0 radical (unpaired) electrons. The average Bonchev–Trinajstić information content (AvgIpc) is 2.30. The van der Waals surface area contributed by atoms with Gasteiger partial charge in [-0.3, -0.25) is 0 Å². The lowest BCUT2D eigenvalue weighted by Gasteiger charge is -2.24. The first-order valence-corrected chi connectivity index (χ1v) is 5.50. The standard InChI is InChI=1S/C11H21N5O/c1-7-9(13-6-11(3,4)17-5)14-8(2)15-10(7)16-12/h6,12H2,1-5H3,(H2,13,14,15,16). The molecular weight excluding hydrogens is 218 g/mol. The van der Waals surface area contributed by atoms with Gasteiger partial charge in [0.15, 0.2) is 0 Å². The highest BCUT2D eigenvalue weighted by Gasteiger charge is 2.17. The molecule has 0 atom stereocenters. The van der Waals surface area contributed by atoms with Crippen molar-refractivity contribution in [3.8, 4) is 0 Å².